The monoisotopic (exact) mass is 264 g/mol. The van der Waals surface area contributed by atoms with Gasteiger partial charge in [0.15, 0.2) is 0 Å². The second-order valence-corrected chi connectivity index (χ2v) is 5.23. The van der Waals surface area contributed by atoms with Gasteiger partial charge in [0.05, 0.1) is 0 Å². The smallest absolute Gasteiger partial charge is 0.134 e. The zero-order valence-electron chi connectivity index (χ0n) is 13.0. The molecule has 0 fully saturated rings. The summed E-state index contributed by atoms with van der Waals surface area (Å²) in [7, 11) is 0. The Hall–Kier alpha value is -1.32. The highest BCUT2D eigenvalue weighted by Crippen LogP contribution is 2.24. The molecule has 1 atom stereocenters. The molecule has 0 saturated carbocycles. The van der Waals surface area contributed by atoms with Crippen LogP contribution in [0.25, 0.3) is 0 Å². The summed E-state index contributed by atoms with van der Waals surface area (Å²) in [5, 5.41) is 6.92. The molecule has 1 unspecified atom stereocenters. The molecule has 0 aliphatic heterocycles. The second kappa shape index (κ2) is 7.97. The Bertz CT molecular complexity index is 376. The number of hydrogen-bond acceptors (Lipinski definition) is 4. The summed E-state index contributed by atoms with van der Waals surface area (Å²) in [6.07, 6.45) is 4.84. The van der Waals surface area contributed by atoms with Crippen molar-refractivity contribution in [1.29, 1.82) is 0 Å². The first kappa shape index (κ1) is 15.7. The van der Waals surface area contributed by atoms with E-state index in [4.69, 9.17) is 0 Å². The Morgan fingerprint density at radius 2 is 1.79 bits per heavy atom. The number of rotatable bonds is 8. The first-order chi connectivity index (χ1) is 9.13. The van der Waals surface area contributed by atoms with Gasteiger partial charge < -0.3 is 10.6 Å². The quantitative estimate of drug-likeness (QED) is 0.751. The van der Waals surface area contributed by atoms with E-state index in [-0.39, 0.29) is 0 Å². The predicted octanol–water partition coefficient (Wildman–Crippen LogP) is 3.71. The average Bonchev–Trinajstić information content (AvgIpc) is 2.39. The Kier molecular flexibility index (Phi) is 6.60. The van der Waals surface area contributed by atoms with E-state index in [1.807, 2.05) is 0 Å². The molecule has 108 valence electrons. The molecule has 0 aromatic carbocycles. The van der Waals surface area contributed by atoms with E-state index in [9.17, 15) is 0 Å². The Labute approximate surface area is 117 Å². The molecule has 0 amide bonds. The molecule has 0 bridgehead atoms. The van der Waals surface area contributed by atoms with E-state index in [0.29, 0.717) is 12.0 Å². The van der Waals surface area contributed by atoms with Crippen molar-refractivity contribution in [2.75, 3.05) is 17.2 Å². The van der Waals surface area contributed by atoms with Crippen molar-refractivity contribution >= 4 is 11.6 Å². The van der Waals surface area contributed by atoms with E-state index >= 15 is 0 Å². The first-order valence-corrected chi connectivity index (χ1v) is 7.48. The molecule has 0 aliphatic carbocycles. The summed E-state index contributed by atoms with van der Waals surface area (Å²) in [5.41, 5.74) is 1.21. The molecule has 2 N–H and O–H groups in total. The maximum absolute atomic E-state index is 4.45. The lowest BCUT2D eigenvalue weighted by molar-refractivity contribution is 0.509. The van der Waals surface area contributed by atoms with E-state index in [0.717, 1.165) is 37.4 Å². The maximum atomic E-state index is 4.45. The number of hydrogen-bond donors (Lipinski definition) is 2. The molecule has 0 radical (unpaired) electrons. The first-order valence-electron chi connectivity index (χ1n) is 7.48. The van der Waals surface area contributed by atoms with Crippen LogP contribution in [0, 0.1) is 5.92 Å². The lowest BCUT2D eigenvalue weighted by Crippen LogP contribution is -2.26. The minimum atomic E-state index is 0.458. The number of anilines is 2. The van der Waals surface area contributed by atoms with E-state index < -0.39 is 0 Å². The van der Waals surface area contributed by atoms with Gasteiger partial charge in [0.2, 0.25) is 0 Å². The number of nitrogens with zero attached hydrogens (tertiary/aromatic N) is 2. The van der Waals surface area contributed by atoms with Crippen LogP contribution in [-0.2, 0) is 6.42 Å². The summed E-state index contributed by atoms with van der Waals surface area (Å²) in [5.74, 6) is 2.56. The molecular formula is C15H28N4. The second-order valence-electron chi connectivity index (χ2n) is 5.23. The van der Waals surface area contributed by atoms with Crippen LogP contribution in [0.4, 0.5) is 11.6 Å². The Morgan fingerprint density at radius 1 is 1.11 bits per heavy atom. The third-order valence-electron chi connectivity index (χ3n) is 3.36. The maximum Gasteiger partial charge on any atom is 0.134 e. The third-order valence-corrected chi connectivity index (χ3v) is 3.36. The van der Waals surface area contributed by atoms with E-state index in [1.54, 1.807) is 6.33 Å². The van der Waals surface area contributed by atoms with Gasteiger partial charge in [-0.2, -0.15) is 0 Å². The Balaban J connectivity index is 3.00. The molecule has 0 saturated heterocycles. The van der Waals surface area contributed by atoms with Crippen LogP contribution in [0.5, 0.6) is 0 Å². The van der Waals surface area contributed by atoms with Crippen LogP contribution in [-0.4, -0.2) is 22.6 Å². The van der Waals surface area contributed by atoms with Crippen LogP contribution < -0.4 is 10.6 Å². The van der Waals surface area contributed by atoms with Gasteiger partial charge in [0, 0.05) is 18.2 Å². The highest BCUT2D eigenvalue weighted by atomic mass is 15.1. The van der Waals surface area contributed by atoms with Crippen LogP contribution in [0.1, 0.15) is 53.0 Å². The fourth-order valence-electron chi connectivity index (χ4n) is 2.26. The lowest BCUT2D eigenvalue weighted by atomic mass is 10.0. The van der Waals surface area contributed by atoms with Crippen molar-refractivity contribution in [3.8, 4) is 0 Å². The Morgan fingerprint density at radius 3 is 2.32 bits per heavy atom. The molecular weight excluding hydrogens is 236 g/mol. The molecule has 0 spiro atoms. The standard InChI is InChI=1S/C15H28N4/c1-6-9-12-14(16-8-3)17-10-18-15(12)19-13(7-2)11(4)5/h10-11,13H,6-9H2,1-5H3,(H2,16,17,18,19). The van der Waals surface area contributed by atoms with Crippen LogP contribution >= 0.6 is 0 Å². The predicted molar refractivity (Wildman–Crippen MR) is 82.7 cm³/mol. The normalized spacial score (nSPS) is 12.5. The van der Waals surface area contributed by atoms with E-state index in [1.165, 1.54) is 5.56 Å². The molecule has 0 aliphatic rings. The largest absolute Gasteiger partial charge is 0.370 e. The van der Waals surface area contributed by atoms with Crippen LogP contribution in [0.15, 0.2) is 6.33 Å². The van der Waals surface area contributed by atoms with Crippen molar-refractivity contribution in [1.82, 2.24) is 9.97 Å². The fourth-order valence-corrected chi connectivity index (χ4v) is 2.26. The zero-order chi connectivity index (χ0) is 14.3. The van der Waals surface area contributed by atoms with Gasteiger partial charge in [-0.1, -0.05) is 34.1 Å². The SMILES string of the molecule is CCCc1c(NCC)ncnc1NC(CC)C(C)C. The van der Waals surface area contributed by atoms with Crippen molar-refractivity contribution in [3.63, 3.8) is 0 Å². The van der Waals surface area contributed by atoms with Gasteiger partial charge in [-0.3, -0.25) is 0 Å². The minimum absolute atomic E-state index is 0.458. The summed E-state index contributed by atoms with van der Waals surface area (Å²) in [6.45, 7) is 11.9. The molecule has 4 nitrogen and oxygen atoms in total. The lowest BCUT2D eigenvalue weighted by Gasteiger charge is -2.23. The topological polar surface area (TPSA) is 49.8 Å². The summed E-state index contributed by atoms with van der Waals surface area (Å²) >= 11 is 0. The number of nitrogens with one attached hydrogen (secondary N) is 2. The minimum Gasteiger partial charge on any atom is -0.370 e. The van der Waals surface area contributed by atoms with Gasteiger partial charge in [-0.05, 0) is 25.7 Å². The highest BCUT2D eigenvalue weighted by Gasteiger charge is 2.16. The summed E-state index contributed by atoms with van der Waals surface area (Å²) in [6, 6.07) is 0.458. The van der Waals surface area contributed by atoms with Crippen molar-refractivity contribution < 1.29 is 0 Å². The highest BCUT2D eigenvalue weighted by molar-refractivity contribution is 5.57. The van der Waals surface area contributed by atoms with Gasteiger partial charge in [-0.25, -0.2) is 9.97 Å². The van der Waals surface area contributed by atoms with Gasteiger partial charge in [-0.15, -0.1) is 0 Å². The van der Waals surface area contributed by atoms with Crippen molar-refractivity contribution in [3.05, 3.63) is 11.9 Å². The third kappa shape index (κ3) is 4.37. The van der Waals surface area contributed by atoms with Gasteiger partial charge in [0.25, 0.3) is 0 Å². The molecule has 19 heavy (non-hydrogen) atoms. The van der Waals surface area contributed by atoms with Crippen molar-refractivity contribution in [2.45, 2.75) is 59.9 Å². The molecule has 1 aromatic heterocycles. The van der Waals surface area contributed by atoms with Gasteiger partial charge >= 0.3 is 0 Å². The molecule has 4 heteroatoms. The summed E-state index contributed by atoms with van der Waals surface area (Å²) < 4.78 is 0. The van der Waals surface area contributed by atoms with Gasteiger partial charge in [0.1, 0.15) is 18.0 Å². The number of aromatic nitrogens is 2. The zero-order valence-corrected chi connectivity index (χ0v) is 13.0. The van der Waals surface area contributed by atoms with Crippen LogP contribution in [0.3, 0.4) is 0 Å². The molecule has 1 aromatic rings. The molecule has 1 rings (SSSR count). The van der Waals surface area contributed by atoms with E-state index in [2.05, 4.69) is 55.2 Å². The average molecular weight is 264 g/mol. The summed E-state index contributed by atoms with van der Waals surface area (Å²) in [4.78, 5) is 8.81. The molecule has 1 heterocycles. The van der Waals surface area contributed by atoms with Crippen LogP contribution in [0.2, 0.25) is 0 Å². The van der Waals surface area contributed by atoms with Crippen molar-refractivity contribution in [2.24, 2.45) is 5.92 Å². The fraction of sp³-hybridized carbons (Fsp3) is 0.733.